The topological polar surface area (TPSA) is 61.4 Å². The highest BCUT2D eigenvalue weighted by Crippen LogP contribution is 2.19. The Labute approximate surface area is 131 Å². The fourth-order valence-corrected chi connectivity index (χ4v) is 2.20. The van der Waals surface area contributed by atoms with Crippen molar-refractivity contribution in [2.24, 2.45) is 0 Å². The van der Waals surface area contributed by atoms with Gasteiger partial charge in [-0.15, -0.1) is 0 Å². The van der Waals surface area contributed by atoms with Crippen molar-refractivity contribution in [3.63, 3.8) is 0 Å². The molecule has 22 heavy (non-hydrogen) atoms. The molecule has 0 radical (unpaired) electrons. The van der Waals surface area contributed by atoms with Gasteiger partial charge in [-0.3, -0.25) is 0 Å². The summed E-state index contributed by atoms with van der Waals surface area (Å²) in [6.45, 7) is 3.88. The van der Waals surface area contributed by atoms with E-state index in [-0.39, 0.29) is 12.6 Å². The average Bonchev–Trinajstić information content (AvgIpc) is 2.54. The zero-order valence-electron chi connectivity index (χ0n) is 13.0. The summed E-state index contributed by atoms with van der Waals surface area (Å²) in [6, 6.07) is 16.7. The Bertz CT molecular complexity index is 624. The van der Waals surface area contributed by atoms with Crippen LogP contribution in [0.5, 0.6) is 0 Å². The maximum absolute atomic E-state index is 12.0. The molecule has 1 unspecified atom stereocenters. The number of amides is 2. The highest BCUT2D eigenvalue weighted by Gasteiger charge is 2.23. The van der Waals surface area contributed by atoms with Gasteiger partial charge in [0, 0.05) is 5.69 Å². The normalized spacial score (nSPS) is 13.2. The zero-order valence-corrected chi connectivity index (χ0v) is 13.0. The summed E-state index contributed by atoms with van der Waals surface area (Å²) < 4.78 is 0. The molecule has 3 N–H and O–H groups in total. The van der Waals surface area contributed by atoms with Gasteiger partial charge in [-0.25, -0.2) is 4.79 Å². The average molecular weight is 298 g/mol. The Morgan fingerprint density at radius 3 is 2.55 bits per heavy atom. The zero-order chi connectivity index (χ0) is 16.0. The first kappa shape index (κ1) is 16.0. The van der Waals surface area contributed by atoms with E-state index in [0.717, 1.165) is 23.2 Å². The fraction of sp³-hybridized carbons (Fsp3) is 0.278. The SMILES string of the molecule is CCc1cccc(NC(=O)NCC(C)(O)c2ccccc2)c1. The Kier molecular flexibility index (Phi) is 5.17. The smallest absolute Gasteiger partial charge is 0.319 e. The second-order valence-corrected chi connectivity index (χ2v) is 5.50. The quantitative estimate of drug-likeness (QED) is 0.793. The van der Waals surface area contributed by atoms with Crippen LogP contribution in [0.25, 0.3) is 0 Å². The van der Waals surface area contributed by atoms with Crippen molar-refractivity contribution >= 4 is 11.7 Å². The van der Waals surface area contributed by atoms with Crippen molar-refractivity contribution in [1.82, 2.24) is 5.32 Å². The Morgan fingerprint density at radius 2 is 1.86 bits per heavy atom. The van der Waals surface area contributed by atoms with E-state index < -0.39 is 5.60 Å². The van der Waals surface area contributed by atoms with Crippen LogP contribution in [0.4, 0.5) is 10.5 Å². The number of carbonyl (C=O) groups excluding carboxylic acids is 1. The van der Waals surface area contributed by atoms with Crippen LogP contribution in [0.15, 0.2) is 54.6 Å². The number of rotatable bonds is 5. The van der Waals surface area contributed by atoms with E-state index in [1.807, 2.05) is 54.6 Å². The number of benzene rings is 2. The van der Waals surface area contributed by atoms with Crippen molar-refractivity contribution in [3.8, 4) is 0 Å². The van der Waals surface area contributed by atoms with Crippen LogP contribution in [0.1, 0.15) is 25.0 Å². The first-order valence-corrected chi connectivity index (χ1v) is 7.43. The highest BCUT2D eigenvalue weighted by atomic mass is 16.3. The van der Waals surface area contributed by atoms with Crippen LogP contribution in [-0.2, 0) is 12.0 Å². The first-order valence-electron chi connectivity index (χ1n) is 7.43. The van der Waals surface area contributed by atoms with Crippen molar-refractivity contribution in [3.05, 3.63) is 65.7 Å². The number of hydrogen-bond acceptors (Lipinski definition) is 2. The summed E-state index contributed by atoms with van der Waals surface area (Å²) in [5.74, 6) is 0. The van der Waals surface area contributed by atoms with Crippen molar-refractivity contribution in [2.45, 2.75) is 25.9 Å². The molecule has 0 aliphatic rings. The van der Waals surface area contributed by atoms with Gasteiger partial charge < -0.3 is 15.7 Å². The lowest BCUT2D eigenvalue weighted by Gasteiger charge is -2.24. The van der Waals surface area contributed by atoms with E-state index in [1.54, 1.807) is 6.92 Å². The van der Waals surface area contributed by atoms with E-state index in [2.05, 4.69) is 17.6 Å². The summed E-state index contributed by atoms with van der Waals surface area (Å²) in [7, 11) is 0. The summed E-state index contributed by atoms with van der Waals surface area (Å²) >= 11 is 0. The molecule has 116 valence electrons. The van der Waals surface area contributed by atoms with Crippen LogP contribution in [0, 0.1) is 0 Å². The molecule has 0 aliphatic carbocycles. The van der Waals surface area contributed by atoms with Gasteiger partial charge in [-0.1, -0.05) is 49.4 Å². The second-order valence-electron chi connectivity index (χ2n) is 5.50. The number of aliphatic hydroxyl groups is 1. The van der Waals surface area contributed by atoms with E-state index in [9.17, 15) is 9.90 Å². The number of urea groups is 1. The maximum Gasteiger partial charge on any atom is 0.319 e. The largest absolute Gasteiger partial charge is 0.384 e. The molecule has 0 heterocycles. The molecule has 4 nitrogen and oxygen atoms in total. The minimum Gasteiger partial charge on any atom is -0.384 e. The molecule has 1 atom stereocenters. The summed E-state index contributed by atoms with van der Waals surface area (Å²) in [5, 5.41) is 15.9. The molecule has 2 amide bonds. The minimum absolute atomic E-state index is 0.135. The lowest BCUT2D eigenvalue weighted by Crippen LogP contribution is -2.40. The summed E-state index contributed by atoms with van der Waals surface area (Å²) in [4.78, 5) is 12.0. The van der Waals surface area contributed by atoms with Crippen LogP contribution >= 0.6 is 0 Å². The summed E-state index contributed by atoms with van der Waals surface area (Å²) in [6.07, 6.45) is 0.917. The van der Waals surface area contributed by atoms with Gasteiger partial charge in [0.2, 0.25) is 0 Å². The van der Waals surface area contributed by atoms with Crippen LogP contribution < -0.4 is 10.6 Å². The Hall–Kier alpha value is -2.33. The minimum atomic E-state index is -1.11. The maximum atomic E-state index is 12.0. The van der Waals surface area contributed by atoms with Gasteiger partial charge in [0.25, 0.3) is 0 Å². The number of nitrogens with one attached hydrogen (secondary N) is 2. The Morgan fingerprint density at radius 1 is 1.14 bits per heavy atom. The van der Waals surface area contributed by atoms with Gasteiger partial charge >= 0.3 is 6.03 Å². The van der Waals surface area contributed by atoms with Crippen molar-refractivity contribution in [2.75, 3.05) is 11.9 Å². The van der Waals surface area contributed by atoms with Gasteiger partial charge in [-0.05, 0) is 36.6 Å². The molecule has 0 aromatic heterocycles. The number of carbonyl (C=O) groups is 1. The van der Waals surface area contributed by atoms with Crippen molar-refractivity contribution < 1.29 is 9.90 Å². The third-order valence-corrected chi connectivity index (χ3v) is 3.58. The van der Waals surface area contributed by atoms with E-state index in [0.29, 0.717) is 0 Å². The van der Waals surface area contributed by atoms with Crippen LogP contribution in [0.3, 0.4) is 0 Å². The molecule has 0 saturated carbocycles. The molecule has 0 spiro atoms. The lowest BCUT2D eigenvalue weighted by molar-refractivity contribution is 0.0599. The standard InChI is InChI=1S/C18H22N2O2/c1-3-14-8-7-11-16(12-14)20-17(21)19-13-18(2,22)15-9-5-4-6-10-15/h4-12,22H,3,13H2,1-2H3,(H2,19,20,21). The molecule has 0 bridgehead atoms. The predicted octanol–water partition coefficient (Wildman–Crippen LogP) is 3.28. The first-order chi connectivity index (χ1) is 10.5. The monoisotopic (exact) mass is 298 g/mol. The van der Waals surface area contributed by atoms with E-state index in [4.69, 9.17) is 0 Å². The van der Waals surface area contributed by atoms with Gasteiger partial charge in [0.1, 0.15) is 5.60 Å². The lowest BCUT2D eigenvalue weighted by atomic mass is 9.96. The predicted molar refractivity (Wildman–Crippen MR) is 88.9 cm³/mol. The number of anilines is 1. The Balaban J connectivity index is 1.92. The number of hydrogen-bond donors (Lipinski definition) is 3. The van der Waals surface area contributed by atoms with E-state index in [1.165, 1.54) is 0 Å². The third-order valence-electron chi connectivity index (χ3n) is 3.58. The fourth-order valence-electron chi connectivity index (χ4n) is 2.20. The summed E-state index contributed by atoms with van der Waals surface area (Å²) in [5.41, 5.74) is 1.57. The molecular weight excluding hydrogens is 276 g/mol. The molecular formula is C18H22N2O2. The van der Waals surface area contributed by atoms with Gasteiger partial charge in [0.15, 0.2) is 0 Å². The second kappa shape index (κ2) is 7.09. The van der Waals surface area contributed by atoms with Gasteiger partial charge in [0.05, 0.1) is 6.54 Å². The van der Waals surface area contributed by atoms with Crippen LogP contribution in [0.2, 0.25) is 0 Å². The molecule has 0 aliphatic heterocycles. The third kappa shape index (κ3) is 4.33. The molecule has 0 saturated heterocycles. The van der Waals surface area contributed by atoms with Crippen LogP contribution in [-0.4, -0.2) is 17.7 Å². The molecule has 4 heteroatoms. The van der Waals surface area contributed by atoms with Crippen molar-refractivity contribution in [1.29, 1.82) is 0 Å². The van der Waals surface area contributed by atoms with E-state index >= 15 is 0 Å². The van der Waals surface area contributed by atoms with Gasteiger partial charge in [-0.2, -0.15) is 0 Å². The molecule has 0 fully saturated rings. The molecule has 2 aromatic rings. The molecule has 2 aromatic carbocycles. The highest BCUT2D eigenvalue weighted by molar-refractivity contribution is 5.89. The molecule has 2 rings (SSSR count). The number of aryl methyl sites for hydroxylation is 1.